The average molecular weight is 309 g/mol. The number of carboxylic acid groups (broad SMARTS) is 1. The first-order valence-corrected chi connectivity index (χ1v) is 6.48. The summed E-state index contributed by atoms with van der Waals surface area (Å²) in [6.45, 7) is 0.755. The van der Waals surface area contributed by atoms with Crippen molar-refractivity contribution in [3.05, 3.63) is 47.5 Å². The highest BCUT2D eigenvalue weighted by atomic mass is 35.5. The maximum atomic E-state index is 11.6. The fourth-order valence-corrected chi connectivity index (χ4v) is 1.82. The molecule has 0 fully saturated rings. The molecule has 3 N–H and O–H groups in total. The highest BCUT2D eigenvalue weighted by Crippen LogP contribution is 2.14. The lowest BCUT2D eigenvalue weighted by atomic mass is 10.3. The minimum absolute atomic E-state index is 0.0293. The predicted octanol–water partition coefficient (Wildman–Crippen LogP) is 2.06. The van der Waals surface area contributed by atoms with Gasteiger partial charge in [0.05, 0.1) is 6.33 Å². The molecule has 21 heavy (non-hydrogen) atoms. The number of carbonyl (C=O) groups excluding carboxylic acids is 1. The van der Waals surface area contributed by atoms with Crippen LogP contribution in [0.1, 0.15) is 10.5 Å². The summed E-state index contributed by atoms with van der Waals surface area (Å²) in [5.74, 6) is -1.08. The zero-order valence-electron chi connectivity index (χ0n) is 10.9. The van der Waals surface area contributed by atoms with Crippen molar-refractivity contribution in [1.29, 1.82) is 0 Å². The molecule has 0 saturated carbocycles. The quantitative estimate of drug-likeness (QED) is 0.787. The lowest BCUT2D eigenvalue weighted by Crippen LogP contribution is -2.31. The molecule has 1 aromatic carbocycles. The molecule has 1 heterocycles. The van der Waals surface area contributed by atoms with Gasteiger partial charge in [-0.25, -0.2) is 14.6 Å². The number of nitrogens with zero attached hydrogens (tertiary/aromatic N) is 2. The highest BCUT2D eigenvalue weighted by molar-refractivity contribution is 6.30. The molecule has 0 radical (unpaired) electrons. The molecule has 0 unspecified atom stereocenters. The van der Waals surface area contributed by atoms with E-state index in [1.807, 2.05) is 0 Å². The molecular formula is C13H13ClN4O3. The summed E-state index contributed by atoms with van der Waals surface area (Å²) in [7, 11) is 0. The molecule has 0 bridgehead atoms. The normalized spacial score (nSPS) is 10.1. The Balaban J connectivity index is 1.77. The lowest BCUT2D eigenvalue weighted by molar-refractivity contribution is 0.0691. The number of aromatic carboxylic acids is 1. The molecule has 8 heteroatoms. The number of carboxylic acids is 1. The van der Waals surface area contributed by atoms with Crippen LogP contribution in [-0.4, -0.2) is 33.2 Å². The second-order valence-electron chi connectivity index (χ2n) is 4.19. The van der Waals surface area contributed by atoms with E-state index in [0.29, 0.717) is 23.8 Å². The maximum absolute atomic E-state index is 11.6. The van der Waals surface area contributed by atoms with Crippen LogP contribution in [0.25, 0.3) is 0 Å². The van der Waals surface area contributed by atoms with Crippen molar-refractivity contribution in [3.63, 3.8) is 0 Å². The smallest absolute Gasteiger partial charge is 0.356 e. The number of aromatic nitrogens is 2. The van der Waals surface area contributed by atoms with Crippen molar-refractivity contribution in [1.82, 2.24) is 14.9 Å². The van der Waals surface area contributed by atoms with E-state index < -0.39 is 5.97 Å². The number of rotatable bonds is 5. The second kappa shape index (κ2) is 6.76. The van der Waals surface area contributed by atoms with Crippen LogP contribution in [0.3, 0.4) is 0 Å². The zero-order valence-corrected chi connectivity index (χ0v) is 11.7. The molecular weight excluding hydrogens is 296 g/mol. The van der Waals surface area contributed by atoms with E-state index in [1.54, 1.807) is 28.8 Å². The summed E-state index contributed by atoms with van der Waals surface area (Å²) in [4.78, 5) is 26.0. The molecule has 0 spiro atoms. The second-order valence-corrected chi connectivity index (χ2v) is 4.63. The summed E-state index contributed by atoms with van der Waals surface area (Å²) in [5.41, 5.74) is 0.564. The van der Waals surface area contributed by atoms with Crippen LogP contribution in [0, 0.1) is 0 Å². The largest absolute Gasteiger partial charge is 0.476 e. The molecule has 2 aromatic rings. The van der Waals surface area contributed by atoms with Gasteiger partial charge in [0.2, 0.25) is 0 Å². The Hall–Kier alpha value is -2.54. The lowest BCUT2D eigenvalue weighted by Gasteiger charge is -2.08. The first-order chi connectivity index (χ1) is 10.0. The number of hydrogen-bond acceptors (Lipinski definition) is 3. The van der Waals surface area contributed by atoms with Crippen molar-refractivity contribution in [2.75, 3.05) is 11.9 Å². The number of carbonyl (C=O) groups is 2. The van der Waals surface area contributed by atoms with E-state index >= 15 is 0 Å². The molecule has 1 aromatic heterocycles. The molecule has 2 amide bonds. The van der Waals surface area contributed by atoms with Crippen molar-refractivity contribution < 1.29 is 14.7 Å². The summed E-state index contributed by atoms with van der Waals surface area (Å²) >= 11 is 5.81. The summed E-state index contributed by atoms with van der Waals surface area (Å²) in [6.07, 6.45) is 2.80. The van der Waals surface area contributed by atoms with Crippen LogP contribution in [0.2, 0.25) is 5.02 Å². The monoisotopic (exact) mass is 308 g/mol. The van der Waals surface area contributed by atoms with Gasteiger partial charge in [-0.05, 0) is 18.2 Å². The minimum Gasteiger partial charge on any atom is -0.476 e. The summed E-state index contributed by atoms with van der Waals surface area (Å²) < 4.78 is 1.59. The Morgan fingerprint density at radius 1 is 1.38 bits per heavy atom. The summed E-state index contributed by atoms with van der Waals surface area (Å²) in [5, 5.41) is 14.6. The average Bonchev–Trinajstić information content (AvgIpc) is 2.87. The fraction of sp³-hybridized carbons (Fsp3) is 0.154. The Kier molecular flexibility index (Phi) is 4.78. The van der Waals surface area contributed by atoms with E-state index in [9.17, 15) is 9.59 Å². The van der Waals surface area contributed by atoms with E-state index in [1.165, 1.54) is 12.5 Å². The molecule has 0 aliphatic carbocycles. The topological polar surface area (TPSA) is 96.2 Å². The van der Waals surface area contributed by atoms with E-state index in [4.69, 9.17) is 16.7 Å². The molecule has 7 nitrogen and oxygen atoms in total. The van der Waals surface area contributed by atoms with Crippen LogP contribution in [0.15, 0.2) is 36.8 Å². The third kappa shape index (κ3) is 4.50. The molecule has 2 rings (SSSR count). The van der Waals surface area contributed by atoms with Crippen LogP contribution >= 0.6 is 11.6 Å². The number of imidazole rings is 1. The van der Waals surface area contributed by atoms with Crippen molar-refractivity contribution in [2.24, 2.45) is 0 Å². The van der Waals surface area contributed by atoms with Gasteiger partial charge in [-0.1, -0.05) is 17.7 Å². The van der Waals surface area contributed by atoms with E-state index in [0.717, 1.165) is 0 Å². The predicted molar refractivity (Wildman–Crippen MR) is 77.7 cm³/mol. The third-order valence-electron chi connectivity index (χ3n) is 2.59. The molecule has 0 aliphatic heterocycles. The molecule has 0 aliphatic rings. The Morgan fingerprint density at radius 3 is 2.86 bits per heavy atom. The number of urea groups is 1. The Bertz CT molecular complexity index is 656. The van der Waals surface area contributed by atoms with Crippen LogP contribution < -0.4 is 10.6 Å². The minimum atomic E-state index is -1.08. The van der Waals surface area contributed by atoms with E-state index in [-0.39, 0.29) is 11.7 Å². The fourth-order valence-electron chi connectivity index (χ4n) is 1.63. The van der Waals surface area contributed by atoms with Crippen molar-refractivity contribution in [2.45, 2.75) is 6.54 Å². The van der Waals surface area contributed by atoms with E-state index in [2.05, 4.69) is 15.6 Å². The van der Waals surface area contributed by atoms with Crippen molar-refractivity contribution >= 4 is 29.3 Å². The Morgan fingerprint density at radius 2 is 2.19 bits per heavy atom. The third-order valence-corrected chi connectivity index (χ3v) is 2.83. The highest BCUT2D eigenvalue weighted by Gasteiger charge is 2.06. The van der Waals surface area contributed by atoms with Crippen LogP contribution in [0.4, 0.5) is 10.5 Å². The summed E-state index contributed by atoms with van der Waals surface area (Å²) in [6, 6.07) is 6.44. The number of benzene rings is 1. The Labute approximate surface area is 125 Å². The first-order valence-electron chi connectivity index (χ1n) is 6.10. The molecule has 0 saturated heterocycles. The van der Waals surface area contributed by atoms with Gasteiger partial charge in [-0.15, -0.1) is 0 Å². The molecule has 110 valence electrons. The van der Waals surface area contributed by atoms with Gasteiger partial charge in [-0.3, -0.25) is 0 Å². The number of hydrogen-bond donors (Lipinski definition) is 3. The number of amides is 2. The number of halogens is 1. The van der Waals surface area contributed by atoms with Gasteiger partial charge in [-0.2, -0.15) is 0 Å². The van der Waals surface area contributed by atoms with Gasteiger partial charge in [0.15, 0.2) is 5.69 Å². The SMILES string of the molecule is O=C(NCCn1cnc(C(=O)O)c1)Nc1cccc(Cl)c1. The number of nitrogens with one attached hydrogen (secondary N) is 2. The van der Waals surface area contributed by atoms with Gasteiger partial charge < -0.3 is 20.3 Å². The maximum Gasteiger partial charge on any atom is 0.356 e. The van der Waals surface area contributed by atoms with Crippen LogP contribution in [0.5, 0.6) is 0 Å². The van der Waals surface area contributed by atoms with Crippen molar-refractivity contribution in [3.8, 4) is 0 Å². The van der Waals surface area contributed by atoms with Gasteiger partial charge >= 0.3 is 12.0 Å². The molecule has 0 atom stereocenters. The standard InChI is InChI=1S/C13H13ClN4O3/c14-9-2-1-3-10(6-9)17-13(21)15-4-5-18-7-11(12(19)20)16-8-18/h1-3,6-8H,4-5H2,(H,19,20)(H2,15,17,21). The van der Waals surface area contributed by atoms with Crippen LogP contribution in [-0.2, 0) is 6.54 Å². The van der Waals surface area contributed by atoms with Gasteiger partial charge in [0.1, 0.15) is 0 Å². The zero-order chi connectivity index (χ0) is 15.2. The number of anilines is 1. The first kappa shape index (κ1) is 14.9. The van der Waals surface area contributed by atoms with Gasteiger partial charge in [0, 0.05) is 30.0 Å². The van der Waals surface area contributed by atoms with Gasteiger partial charge in [0.25, 0.3) is 0 Å².